The number of amides is 3. The van der Waals surface area contributed by atoms with Crippen LogP contribution in [0.3, 0.4) is 0 Å². The number of hydrogen-bond acceptors (Lipinski definition) is 7. The molecule has 0 radical (unpaired) electrons. The maximum atomic E-state index is 13.4. The van der Waals surface area contributed by atoms with Gasteiger partial charge in [0.05, 0.1) is 10.7 Å². The second-order valence-corrected chi connectivity index (χ2v) is 11.0. The van der Waals surface area contributed by atoms with Crippen LogP contribution < -0.4 is 20.7 Å². The van der Waals surface area contributed by atoms with Crippen LogP contribution in [-0.2, 0) is 9.59 Å². The van der Waals surface area contributed by atoms with E-state index in [1.54, 1.807) is 72.8 Å². The van der Waals surface area contributed by atoms with Gasteiger partial charge >= 0.3 is 0 Å². The Morgan fingerprint density at radius 2 is 1.38 bits per heavy atom. The number of anilines is 2. The summed E-state index contributed by atoms with van der Waals surface area (Å²) in [6.07, 6.45) is 1.43. The van der Waals surface area contributed by atoms with Gasteiger partial charge in [-0.3, -0.25) is 24.5 Å². The summed E-state index contributed by atoms with van der Waals surface area (Å²) in [5.74, 6) is 0.173. The van der Waals surface area contributed by atoms with Crippen LogP contribution in [0.1, 0.15) is 15.9 Å². The molecule has 0 spiro atoms. The SMILES string of the molecule is O=C(CSc1cccc(NC(=O)/C(=C\c2ccc([N+](=O)[O-])cc2)NC(=O)c2ccccc2)c1)Nc1ccc(Oc2ccccc2)cc1. The minimum absolute atomic E-state index is 0.0645. The van der Waals surface area contributed by atoms with Crippen molar-refractivity contribution in [3.63, 3.8) is 0 Å². The third kappa shape index (κ3) is 9.64. The van der Waals surface area contributed by atoms with Gasteiger partial charge in [-0.1, -0.05) is 42.5 Å². The average molecular weight is 645 g/mol. The Morgan fingerprint density at radius 1 is 0.723 bits per heavy atom. The van der Waals surface area contributed by atoms with Gasteiger partial charge < -0.3 is 20.7 Å². The third-order valence-electron chi connectivity index (χ3n) is 6.52. The minimum Gasteiger partial charge on any atom is -0.457 e. The molecule has 0 unspecified atom stereocenters. The Kier molecular flexibility index (Phi) is 10.7. The number of thioether (sulfide) groups is 1. The van der Waals surface area contributed by atoms with Gasteiger partial charge in [-0.15, -0.1) is 11.8 Å². The first-order chi connectivity index (χ1) is 22.8. The van der Waals surface area contributed by atoms with E-state index < -0.39 is 16.7 Å². The summed E-state index contributed by atoms with van der Waals surface area (Å²) < 4.78 is 5.78. The second kappa shape index (κ2) is 15.7. The quantitative estimate of drug-likeness (QED) is 0.0552. The minimum atomic E-state index is -0.604. The predicted octanol–water partition coefficient (Wildman–Crippen LogP) is 7.53. The van der Waals surface area contributed by atoms with Crippen molar-refractivity contribution in [2.24, 2.45) is 0 Å². The number of non-ortho nitro benzene ring substituents is 1. The van der Waals surface area contributed by atoms with Crippen LogP contribution in [0, 0.1) is 10.1 Å². The van der Waals surface area contributed by atoms with Crippen molar-refractivity contribution in [2.45, 2.75) is 4.90 Å². The molecule has 0 atom stereocenters. The van der Waals surface area contributed by atoms with E-state index in [0.29, 0.717) is 34.0 Å². The van der Waals surface area contributed by atoms with Gasteiger partial charge in [-0.2, -0.15) is 0 Å². The molecule has 10 nitrogen and oxygen atoms in total. The number of rotatable bonds is 12. The molecule has 0 aliphatic rings. The molecule has 0 bridgehead atoms. The highest BCUT2D eigenvalue weighted by molar-refractivity contribution is 8.00. The lowest BCUT2D eigenvalue weighted by Crippen LogP contribution is -2.30. The predicted molar refractivity (Wildman–Crippen MR) is 182 cm³/mol. The monoisotopic (exact) mass is 644 g/mol. The highest BCUT2D eigenvalue weighted by Gasteiger charge is 2.16. The normalized spacial score (nSPS) is 10.9. The van der Waals surface area contributed by atoms with E-state index in [9.17, 15) is 24.5 Å². The number of carbonyl (C=O) groups excluding carboxylic acids is 3. The molecular weight excluding hydrogens is 616 g/mol. The number of ether oxygens (including phenoxy) is 1. The van der Waals surface area contributed by atoms with Crippen LogP contribution in [0.15, 0.2) is 144 Å². The Labute approximate surface area is 274 Å². The van der Waals surface area contributed by atoms with Gasteiger partial charge in [0.2, 0.25) is 5.91 Å². The van der Waals surface area contributed by atoms with E-state index in [1.807, 2.05) is 36.4 Å². The summed E-state index contributed by atoms with van der Waals surface area (Å²) >= 11 is 1.29. The highest BCUT2D eigenvalue weighted by Crippen LogP contribution is 2.25. The number of para-hydroxylation sites is 1. The smallest absolute Gasteiger partial charge is 0.272 e. The molecule has 0 aliphatic carbocycles. The summed E-state index contributed by atoms with van der Waals surface area (Å²) in [5.41, 5.74) is 1.73. The summed E-state index contributed by atoms with van der Waals surface area (Å²) in [7, 11) is 0. The molecule has 234 valence electrons. The Bertz CT molecular complexity index is 1900. The van der Waals surface area contributed by atoms with Gasteiger partial charge in [-0.25, -0.2) is 0 Å². The summed E-state index contributed by atoms with van der Waals surface area (Å²) in [5, 5.41) is 19.3. The van der Waals surface area contributed by atoms with Crippen molar-refractivity contribution >= 4 is 52.6 Å². The van der Waals surface area contributed by atoms with Crippen molar-refractivity contribution in [1.82, 2.24) is 5.32 Å². The molecule has 11 heteroatoms. The zero-order valence-electron chi connectivity index (χ0n) is 24.8. The lowest BCUT2D eigenvalue weighted by atomic mass is 10.1. The van der Waals surface area contributed by atoms with Crippen LogP contribution in [-0.4, -0.2) is 28.4 Å². The molecule has 0 aliphatic heterocycles. The molecule has 0 aromatic heterocycles. The van der Waals surface area contributed by atoms with Crippen LogP contribution in [0.4, 0.5) is 17.1 Å². The first kappa shape index (κ1) is 32.2. The van der Waals surface area contributed by atoms with Crippen LogP contribution in [0.25, 0.3) is 6.08 Å². The summed E-state index contributed by atoms with van der Waals surface area (Å²) in [6, 6.07) is 37.4. The molecule has 0 saturated heterocycles. The molecular formula is C36H28N4O6S. The average Bonchev–Trinajstić information content (AvgIpc) is 3.09. The molecule has 3 N–H and O–H groups in total. The maximum Gasteiger partial charge on any atom is 0.272 e. The van der Waals surface area contributed by atoms with E-state index in [1.165, 1.54) is 42.1 Å². The van der Waals surface area contributed by atoms with Crippen molar-refractivity contribution in [1.29, 1.82) is 0 Å². The molecule has 3 amide bonds. The van der Waals surface area contributed by atoms with E-state index in [2.05, 4.69) is 16.0 Å². The van der Waals surface area contributed by atoms with Crippen molar-refractivity contribution < 1.29 is 24.0 Å². The summed E-state index contributed by atoms with van der Waals surface area (Å²) in [4.78, 5) is 50.2. The molecule has 0 heterocycles. The Balaban J connectivity index is 1.21. The lowest BCUT2D eigenvalue weighted by Gasteiger charge is -2.12. The lowest BCUT2D eigenvalue weighted by molar-refractivity contribution is -0.384. The number of nitrogens with zero attached hydrogens (tertiary/aromatic N) is 1. The number of nitro groups is 1. The van der Waals surface area contributed by atoms with Gasteiger partial charge in [0.15, 0.2) is 0 Å². The maximum absolute atomic E-state index is 13.4. The largest absolute Gasteiger partial charge is 0.457 e. The number of benzene rings is 5. The molecule has 5 rings (SSSR count). The summed E-state index contributed by atoms with van der Waals surface area (Å²) in [6.45, 7) is 0. The van der Waals surface area contributed by atoms with Crippen LogP contribution in [0.5, 0.6) is 11.5 Å². The van der Waals surface area contributed by atoms with Gasteiger partial charge in [-0.05, 0) is 90.5 Å². The Hall–Kier alpha value is -6.20. The zero-order valence-corrected chi connectivity index (χ0v) is 25.6. The van der Waals surface area contributed by atoms with Crippen molar-refractivity contribution in [3.05, 3.63) is 160 Å². The number of hydrogen-bond donors (Lipinski definition) is 3. The fourth-order valence-electron chi connectivity index (χ4n) is 4.24. The van der Waals surface area contributed by atoms with E-state index in [4.69, 9.17) is 4.74 Å². The Morgan fingerprint density at radius 3 is 2.06 bits per heavy atom. The third-order valence-corrected chi connectivity index (χ3v) is 7.52. The number of carbonyl (C=O) groups is 3. The van der Waals surface area contributed by atoms with Gasteiger partial charge in [0.1, 0.15) is 17.2 Å². The fraction of sp³-hybridized carbons (Fsp3) is 0.0278. The molecule has 0 saturated carbocycles. The molecule has 47 heavy (non-hydrogen) atoms. The van der Waals surface area contributed by atoms with E-state index >= 15 is 0 Å². The topological polar surface area (TPSA) is 140 Å². The van der Waals surface area contributed by atoms with E-state index in [0.717, 1.165) is 4.90 Å². The van der Waals surface area contributed by atoms with Crippen molar-refractivity contribution in [2.75, 3.05) is 16.4 Å². The number of nitro benzene ring substituents is 1. The van der Waals surface area contributed by atoms with Crippen LogP contribution >= 0.6 is 11.8 Å². The molecule has 0 fully saturated rings. The van der Waals surface area contributed by atoms with Gasteiger partial charge in [0.25, 0.3) is 17.5 Å². The standard InChI is InChI=1S/C36H28N4O6S/c41-34(37-27-16-20-31(21-17-27)46-30-11-5-2-6-12-30)24-47-32-13-7-10-28(23-32)38-36(43)33(39-35(42)26-8-3-1-4-9-26)22-25-14-18-29(19-15-25)40(44)45/h1-23H,24H2,(H,37,41)(H,38,43)(H,39,42)/b33-22+. The number of nitrogens with one attached hydrogen (secondary N) is 3. The second-order valence-electron chi connectivity index (χ2n) is 9.99. The highest BCUT2D eigenvalue weighted by atomic mass is 32.2. The molecule has 5 aromatic carbocycles. The molecule has 5 aromatic rings. The first-order valence-corrected chi connectivity index (χ1v) is 15.3. The zero-order chi connectivity index (χ0) is 33.0. The first-order valence-electron chi connectivity index (χ1n) is 14.3. The fourth-order valence-corrected chi connectivity index (χ4v) is 5.00. The van der Waals surface area contributed by atoms with E-state index in [-0.39, 0.29) is 23.0 Å². The van der Waals surface area contributed by atoms with Crippen molar-refractivity contribution in [3.8, 4) is 11.5 Å². The van der Waals surface area contributed by atoms with Gasteiger partial charge in [0, 0.05) is 34.0 Å². The van der Waals surface area contributed by atoms with Crippen LogP contribution in [0.2, 0.25) is 0 Å².